The predicted molar refractivity (Wildman–Crippen MR) is 109 cm³/mol. The Morgan fingerprint density at radius 1 is 1.24 bits per heavy atom. The van der Waals surface area contributed by atoms with Crippen LogP contribution in [0.1, 0.15) is 34.7 Å². The van der Waals surface area contributed by atoms with Crippen LogP contribution in [0.15, 0.2) is 47.5 Å². The van der Waals surface area contributed by atoms with Gasteiger partial charge in [-0.3, -0.25) is 4.99 Å². The largest absolute Gasteiger partial charge is 0.357 e. The molecule has 4 heteroatoms. The highest BCUT2D eigenvalue weighted by molar-refractivity contribution is 8.14. The Kier molecular flexibility index (Phi) is 6.07. The molecular formula is C21H21ClN2S. The maximum absolute atomic E-state index is 6.04. The van der Waals surface area contributed by atoms with Gasteiger partial charge >= 0.3 is 0 Å². The Hall–Kier alpha value is -1.89. The highest BCUT2D eigenvalue weighted by Crippen LogP contribution is 2.25. The summed E-state index contributed by atoms with van der Waals surface area (Å²) in [6.07, 6.45) is 0.719. The molecule has 0 fully saturated rings. The molecule has 1 heterocycles. The van der Waals surface area contributed by atoms with Gasteiger partial charge in [-0.25, -0.2) is 0 Å². The van der Waals surface area contributed by atoms with Gasteiger partial charge in [0, 0.05) is 22.8 Å². The van der Waals surface area contributed by atoms with E-state index in [-0.39, 0.29) is 6.04 Å². The monoisotopic (exact) mass is 368 g/mol. The molecule has 128 valence electrons. The van der Waals surface area contributed by atoms with Crippen LogP contribution < -0.4 is 5.32 Å². The first kappa shape index (κ1) is 17.9. The number of nitrogens with one attached hydrogen (secondary N) is 1. The lowest BCUT2D eigenvalue weighted by Gasteiger charge is -2.20. The Bertz CT molecular complexity index is 848. The Labute approximate surface area is 159 Å². The van der Waals surface area contributed by atoms with E-state index in [4.69, 9.17) is 11.6 Å². The molecule has 1 aliphatic heterocycles. The zero-order valence-corrected chi connectivity index (χ0v) is 16.0. The fourth-order valence-corrected chi connectivity index (χ4v) is 3.76. The number of aliphatic imine (C=N–C) groups is 1. The number of thioether (sulfide) groups is 1. The molecule has 2 aromatic carbocycles. The van der Waals surface area contributed by atoms with Gasteiger partial charge in [0.25, 0.3) is 0 Å². The Balaban J connectivity index is 1.82. The summed E-state index contributed by atoms with van der Waals surface area (Å²) in [6.45, 7) is 5.21. The Morgan fingerprint density at radius 2 is 2.08 bits per heavy atom. The average molecular weight is 369 g/mol. The number of hydrogen-bond donors (Lipinski definition) is 1. The molecule has 0 aliphatic carbocycles. The molecule has 0 saturated heterocycles. The third-order valence-corrected chi connectivity index (χ3v) is 5.41. The molecule has 1 aliphatic rings. The van der Waals surface area contributed by atoms with Crippen LogP contribution in [-0.4, -0.2) is 17.5 Å². The molecule has 1 atom stereocenters. The van der Waals surface area contributed by atoms with E-state index in [1.54, 1.807) is 11.8 Å². The third kappa shape index (κ3) is 4.81. The van der Waals surface area contributed by atoms with Gasteiger partial charge in [-0.2, -0.15) is 0 Å². The Morgan fingerprint density at radius 3 is 2.84 bits per heavy atom. The van der Waals surface area contributed by atoms with Crippen LogP contribution in [0.4, 0.5) is 0 Å². The molecule has 0 amide bonds. The minimum atomic E-state index is 0.135. The van der Waals surface area contributed by atoms with Crippen LogP contribution in [0.5, 0.6) is 0 Å². The molecule has 1 unspecified atom stereocenters. The van der Waals surface area contributed by atoms with Crippen molar-refractivity contribution in [2.75, 3.05) is 12.3 Å². The summed E-state index contributed by atoms with van der Waals surface area (Å²) in [7, 11) is 0. The van der Waals surface area contributed by atoms with Crippen molar-refractivity contribution in [3.63, 3.8) is 0 Å². The summed E-state index contributed by atoms with van der Waals surface area (Å²) in [5.74, 6) is 7.59. The number of halogens is 1. The summed E-state index contributed by atoms with van der Waals surface area (Å²) in [6, 6.07) is 14.2. The van der Waals surface area contributed by atoms with Gasteiger partial charge in [-0.1, -0.05) is 59.5 Å². The topological polar surface area (TPSA) is 24.4 Å². The van der Waals surface area contributed by atoms with Crippen LogP contribution in [0.2, 0.25) is 5.02 Å². The molecule has 0 bridgehead atoms. The summed E-state index contributed by atoms with van der Waals surface area (Å²) in [5.41, 5.74) is 4.84. The van der Waals surface area contributed by atoms with E-state index < -0.39 is 0 Å². The second-order valence-corrected chi connectivity index (χ2v) is 7.56. The summed E-state index contributed by atoms with van der Waals surface area (Å²) < 4.78 is 0. The van der Waals surface area contributed by atoms with Gasteiger partial charge in [0.15, 0.2) is 5.17 Å². The molecule has 0 saturated carbocycles. The zero-order chi connectivity index (χ0) is 17.6. The maximum Gasteiger partial charge on any atom is 0.157 e. The maximum atomic E-state index is 6.04. The number of benzene rings is 2. The minimum absolute atomic E-state index is 0.135. The first-order valence-corrected chi connectivity index (χ1v) is 9.74. The van der Waals surface area contributed by atoms with Gasteiger partial charge in [-0.15, -0.1) is 0 Å². The van der Waals surface area contributed by atoms with E-state index in [0.717, 1.165) is 29.4 Å². The highest BCUT2D eigenvalue weighted by atomic mass is 35.5. The minimum Gasteiger partial charge on any atom is -0.357 e. The van der Waals surface area contributed by atoms with Gasteiger partial charge in [0.1, 0.15) is 0 Å². The van der Waals surface area contributed by atoms with Crippen LogP contribution in [0.25, 0.3) is 0 Å². The van der Waals surface area contributed by atoms with E-state index >= 15 is 0 Å². The second kappa shape index (κ2) is 8.47. The molecule has 0 radical (unpaired) electrons. The van der Waals surface area contributed by atoms with E-state index in [0.29, 0.717) is 5.02 Å². The van der Waals surface area contributed by atoms with E-state index in [9.17, 15) is 0 Å². The van der Waals surface area contributed by atoms with Gasteiger partial charge in [0.05, 0.1) is 12.6 Å². The summed E-state index contributed by atoms with van der Waals surface area (Å²) in [4.78, 5) is 4.53. The third-order valence-electron chi connectivity index (χ3n) is 4.27. The van der Waals surface area contributed by atoms with Crippen LogP contribution >= 0.6 is 23.4 Å². The first-order valence-electron chi connectivity index (χ1n) is 8.38. The number of rotatable bonds is 3. The van der Waals surface area contributed by atoms with Crippen molar-refractivity contribution in [2.24, 2.45) is 4.99 Å². The van der Waals surface area contributed by atoms with Crippen molar-refractivity contribution < 1.29 is 0 Å². The zero-order valence-electron chi connectivity index (χ0n) is 14.5. The van der Waals surface area contributed by atoms with Crippen LogP contribution in [-0.2, 0) is 0 Å². The fourth-order valence-electron chi connectivity index (χ4n) is 2.78. The predicted octanol–water partition coefficient (Wildman–Crippen LogP) is 5.13. The molecule has 1 N–H and O–H groups in total. The number of amidine groups is 1. The quantitative estimate of drug-likeness (QED) is 0.759. The van der Waals surface area contributed by atoms with Crippen molar-refractivity contribution in [3.8, 4) is 11.8 Å². The lowest BCUT2D eigenvalue weighted by molar-refractivity contribution is 0.667. The van der Waals surface area contributed by atoms with Crippen molar-refractivity contribution in [3.05, 3.63) is 69.7 Å². The molecule has 0 spiro atoms. The fraction of sp³-hybridized carbons (Fsp3) is 0.286. The first-order chi connectivity index (χ1) is 12.1. The molecule has 0 aromatic heterocycles. The van der Waals surface area contributed by atoms with Crippen molar-refractivity contribution in [1.29, 1.82) is 0 Å². The summed E-state index contributed by atoms with van der Waals surface area (Å²) in [5, 5.41) is 5.32. The number of nitrogens with zero attached hydrogens (tertiary/aromatic N) is 1. The second-order valence-electron chi connectivity index (χ2n) is 6.04. The number of aryl methyl sites for hydroxylation is 1. The van der Waals surface area contributed by atoms with Gasteiger partial charge in [-0.05, 0) is 48.7 Å². The molecule has 2 aromatic rings. The van der Waals surface area contributed by atoms with Crippen molar-refractivity contribution in [2.45, 2.75) is 26.3 Å². The smallest absolute Gasteiger partial charge is 0.157 e. The highest BCUT2D eigenvalue weighted by Gasteiger charge is 2.17. The molecule has 3 rings (SSSR count). The number of hydrogen-bond acceptors (Lipinski definition) is 3. The SMILES string of the molecule is Cc1cccc(C(CC#Cc2cccc(Cl)c2)NC2=NCCS2)c1C. The van der Waals surface area contributed by atoms with Gasteiger partial charge < -0.3 is 5.32 Å². The van der Waals surface area contributed by atoms with Crippen LogP contribution in [0, 0.1) is 25.7 Å². The standard InChI is InChI=1S/C21H21ClN2S/c1-15-6-3-10-19(16(15)2)20(24-21-23-12-13-25-21)11-5-8-17-7-4-9-18(22)14-17/h3-4,6-7,9-10,14,20H,11-13H2,1-2H3,(H,23,24). The van der Waals surface area contributed by atoms with E-state index in [1.807, 2.05) is 24.3 Å². The lowest BCUT2D eigenvalue weighted by Crippen LogP contribution is -2.26. The molecule has 2 nitrogen and oxygen atoms in total. The van der Waals surface area contributed by atoms with Crippen molar-refractivity contribution in [1.82, 2.24) is 5.32 Å². The normalized spacial score (nSPS) is 14.4. The lowest BCUT2D eigenvalue weighted by atomic mass is 9.95. The van der Waals surface area contributed by atoms with E-state index in [2.05, 4.69) is 54.2 Å². The van der Waals surface area contributed by atoms with Crippen LogP contribution in [0.3, 0.4) is 0 Å². The van der Waals surface area contributed by atoms with Gasteiger partial charge in [0.2, 0.25) is 0 Å². The average Bonchev–Trinajstić information content (AvgIpc) is 3.10. The molecule has 25 heavy (non-hydrogen) atoms. The van der Waals surface area contributed by atoms with E-state index in [1.165, 1.54) is 16.7 Å². The van der Waals surface area contributed by atoms with Crippen molar-refractivity contribution >= 4 is 28.5 Å². The molecular weight excluding hydrogens is 348 g/mol. The summed E-state index contributed by atoms with van der Waals surface area (Å²) >= 11 is 7.82.